The molecular formula is C23H27N5O2. The second kappa shape index (κ2) is 9.45. The molecule has 0 unspecified atom stereocenters. The Balaban J connectivity index is 2.01. The summed E-state index contributed by atoms with van der Waals surface area (Å²) in [5.74, 6) is -0.276. The van der Waals surface area contributed by atoms with Crippen LogP contribution in [0.15, 0.2) is 59.8 Å². The van der Waals surface area contributed by atoms with Gasteiger partial charge in [0.15, 0.2) is 0 Å². The van der Waals surface area contributed by atoms with Crippen molar-refractivity contribution < 1.29 is 4.79 Å². The molecule has 0 radical (unpaired) electrons. The maximum Gasteiger partial charge on any atom is 0.253 e. The minimum atomic E-state index is -0.680. The first-order chi connectivity index (χ1) is 14.4. The maximum atomic E-state index is 13.1. The van der Waals surface area contributed by atoms with Crippen LogP contribution in [-0.4, -0.2) is 32.9 Å². The van der Waals surface area contributed by atoms with E-state index in [2.05, 4.69) is 20.3 Å². The summed E-state index contributed by atoms with van der Waals surface area (Å²) in [6.07, 6.45) is 6.51. The smallest absolute Gasteiger partial charge is 0.253 e. The Morgan fingerprint density at radius 1 is 1.03 bits per heavy atom. The second-order valence-electron chi connectivity index (χ2n) is 7.60. The van der Waals surface area contributed by atoms with E-state index in [1.54, 1.807) is 12.4 Å². The van der Waals surface area contributed by atoms with Crippen LogP contribution in [0.3, 0.4) is 0 Å². The molecular weight excluding hydrogens is 378 g/mol. The molecule has 0 aromatic carbocycles. The Morgan fingerprint density at radius 3 is 2.10 bits per heavy atom. The van der Waals surface area contributed by atoms with Crippen molar-refractivity contribution in [3.63, 3.8) is 0 Å². The lowest BCUT2D eigenvalue weighted by Gasteiger charge is -2.35. The van der Waals surface area contributed by atoms with Gasteiger partial charge in [0.25, 0.3) is 5.91 Å². The summed E-state index contributed by atoms with van der Waals surface area (Å²) in [5.41, 5.74) is 9.35. The lowest BCUT2D eigenvalue weighted by atomic mass is 9.82. The standard InChI is InChI=1S/C23H27N5O2/c1-16-5-3-11-25-19(16)13-23(9-10-24,14-20-17(2)6-4-12-26-20)28-22(30)18-7-8-21(29)27-15-18/h3-8,11-12,15H,9-10,13-14,24H2,1-2H3,(H,27,29)(H,28,30). The molecule has 0 saturated carbocycles. The number of aromatic amines is 1. The predicted octanol–water partition coefficient (Wildman–Crippen LogP) is 2.08. The van der Waals surface area contributed by atoms with Crippen molar-refractivity contribution in [2.24, 2.45) is 5.73 Å². The molecule has 3 rings (SSSR count). The van der Waals surface area contributed by atoms with Gasteiger partial charge < -0.3 is 16.0 Å². The number of carbonyl (C=O) groups is 1. The van der Waals surface area contributed by atoms with Gasteiger partial charge in [0, 0.05) is 48.9 Å². The average Bonchev–Trinajstić information content (AvgIpc) is 2.72. The first kappa shape index (κ1) is 21.4. The van der Waals surface area contributed by atoms with E-state index < -0.39 is 5.54 Å². The zero-order valence-corrected chi connectivity index (χ0v) is 17.3. The van der Waals surface area contributed by atoms with Gasteiger partial charge in [-0.25, -0.2) is 0 Å². The fraction of sp³-hybridized carbons (Fsp3) is 0.304. The highest BCUT2D eigenvalue weighted by Gasteiger charge is 2.34. The van der Waals surface area contributed by atoms with Crippen LogP contribution in [0.4, 0.5) is 0 Å². The number of rotatable bonds is 8. The third-order valence-electron chi connectivity index (χ3n) is 5.30. The van der Waals surface area contributed by atoms with Gasteiger partial charge in [-0.3, -0.25) is 19.6 Å². The van der Waals surface area contributed by atoms with E-state index in [0.717, 1.165) is 22.5 Å². The van der Waals surface area contributed by atoms with Crippen molar-refractivity contribution in [2.45, 2.75) is 38.6 Å². The summed E-state index contributed by atoms with van der Waals surface area (Å²) in [7, 11) is 0. The lowest BCUT2D eigenvalue weighted by Crippen LogP contribution is -2.53. The molecule has 4 N–H and O–H groups in total. The summed E-state index contributed by atoms with van der Waals surface area (Å²) < 4.78 is 0. The summed E-state index contributed by atoms with van der Waals surface area (Å²) in [6, 6.07) is 10.7. The van der Waals surface area contributed by atoms with Crippen LogP contribution in [0.1, 0.15) is 39.3 Å². The van der Waals surface area contributed by atoms with E-state index in [4.69, 9.17) is 5.73 Å². The minimum Gasteiger partial charge on any atom is -0.346 e. The van der Waals surface area contributed by atoms with Gasteiger partial charge in [0.1, 0.15) is 0 Å². The highest BCUT2D eigenvalue weighted by Crippen LogP contribution is 2.24. The highest BCUT2D eigenvalue weighted by molar-refractivity contribution is 5.94. The van der Waals surface area contributed by atoms with E-state index in [1.165, 1.54) is 18.3 Å². The second-order valence-corrected chi connectivity index (χ2v) is 7.60. The molecule has 0 aliphatic heterocycles. The predicted molar refractivity (Wildman–Crippen MR) is 116 cm³/mol. The van der Waals surface area contributed by atoms with Gasteiger partial charge in [0.05, 0.1) is 11.1 Å². The van der Waals surface area contributed by atoms with E-state index in [-0.39, 0.29) is 11.5 Å². The van der Waals surface area contributed by atoms with Gasteiger partial charge in [-0.1, -0.05) is 12.1 Å². The van der Waals surface area contributed by atoms with Crippen LogP contribution < -0.4 is 16.6 Å². The molecule has 30 heavy (non-hydrogen) atoms. The molecule has 0 fully saturated rings. The molecule has 0 saturated heterocycles. The molecule has 0 aliphatic rings. The van der Waals surface area contributed by atoms with Crippen LogP contribution in [-0.2, 0) is 12.8 Å². The largest absolute Gasteiger partial charge is 0.346 e. The Hall–Kier alpha value is -3.32. The fourth-order valence-electron chi connectivity index (χ4n) is 3.58. The zero-order valence-electron chi connectivity index (χ0n) is 17.3. The number of hydrogen-bond acceptors (Lipinski definition) is 5. The highest BCUT2D eigenvalue weighted by atomic mass is 16.2. The Kier molecular flexibility index (Phi) is 6.74. The first-order valence-electron chi connectivity index (χ1n) is 9.95. The van der Waals surface area contributed by atoms with Crippen LogP contribution >= 0.6 is 0 Å². The quantitative estimate of drug-likeness (QED) is 0.531. The molecule has 3 aromatic heterocycles. The molecule has 0 spiro atoms. The number of aromatic nitrogens is 3. The maximum absolute atomic E-state index is 13.1. The van der Waals surface area contributed by atoms with Crippen LogP contribution in [0.2, 0.25) is 0 Å². The fourth-order valence-corrected chi connectivity index (χ4v) is 3.58. The van der Waals surface area contributed by atoms with E-state index >= 15 is 0 Å². The van der Waals surface area contributed by atoms with Crippen molar-refractivity contribution in [1.82, 2.24) is 20.3 Å². The summed E-state index contributed by atoms with van der Waals surface area (Å²) in [6.45, 7) is 4.40. The van der Waals surface area contributed by atoms with Crippen molar-refractivity contribution in [3.8, 4) is 0 Å². The number of H-pyrrole nitrogens is 1. The van der Waals surface area contributed by atoms with E-state index in [1.807, 2.05) is 38.1 Å². The third-order valence-corrected chi connectivity index (χ3v) is 5.30. The number of aryl methyl sites for hydroxylation is 2. The minimum absolute atomic E-state index is 0.256. The summed E-state index contributed by atoms with van der Waals surface area (Å²) in [4.78, 5) is 36.1. The van der Waals surface area contributed by atoms with Crippen molar-refractivity contribution in [2.75, 3.05) is 6.54 Å². The topological polar surface area (TPSA) is 114 Å². The molecule has 0 bridgehead atoms. The van der Waals surface area contributed by atoms with Gasteiger partial charge in [0.2, 0.25) is 5.56 Å². The van der Waals surface area contributed by atoms with Gasteiger partial charge in [-0.15, -0.1) is 0 Å². The monoisotopic (exact) mass is 405 g/mol. The number of nitrogens with one attached hydrogen (secondary N) is 2. The van der Waals surface area contributed by atoms with E-state index in [9.17, 15) is 9.59 Å². The summed E-state index contributed by atoms with van der Waals surface area (Å²) >= 11 is 0. The SMILES string of the molecule is Cc1cccnc1CC(CCN)(Cc1ncccc1C)NC(=O)c1ccc(=O)[nH]c1. The van der Waals surface area contributed by atoms with Gasteiger partial charge >= 0.3 is 0 Å². The number of carbonyl (C=O) groups excluding carboxylic acids is 1. The Labute approximate surface area is 175 Å². The summed E-state index contributed by atoms with van der Waals surface area (Å²) in [5, 5.41) is 3.20. The zero-order chi connectivity index (χ0) is 21.6. The molecule has 0 aliphatic carbocycles. The number of nitrogens with zero attached hydrogens (tertiary/aromatic N) is 2. The lowest BCUT2D eigenvalue weighted by molar-refractivity contribution is 0.0890. The third kappa shape index (κ3) is 5.18. The molecule has 0 atom stereocenters. The van der Waals surface area contributed by atoms with Crippen LogP contribution in [0.5, 0.6) is 0 Å². The number of hydrogen-bond donors (Lipinski definition) is 3. The number of amides is 1. The van der Waals surface area contributed by atoms with Crippen LogP contribution in [0, 0.1) is 13.8 Å². The van der Waals surface area contributed by atoms with Crippen molar-refractivity contribution in [3.05, 3.63) is 93.4 Å². The van der Waals surface area contributed by atoms with Crippen LogP contribution in [0.25, 0.3) is 0 Å². The van der Waals surface area contributed by atoms with Gasteiger partial charge in [-0.2, -0.15) is 0 Å². The molecule has 3 aromatic rings. The molecule has 7 nitrogen and oxygen atoms in total. The van der Waals surface area contributed by atoms with Crippen molar-refractivity contribution >= 4 is 5.91 Å². The Bertz CT molecular complexity index is 1010. The molecule has 3 heterocycles. The number of pyridine rings is 3. The Morgan fingerprint density at radius 2 is 1.63 bits per heavy atom. The number of nitrogens with two attached hydrogens (primary N) is 1. The molecule has 156 valence electrons. The van der Waals surface area contributed by atoms with E-state index in [0.29, 0.717) is 31.4 Å². The molecule has 7 heteroatoms. The van der Waals surface area contributed by atoms with Gasteiger partial charge in [-0.05, 0) is 56.1 Å². The average molecular weight is 406 g/mol. The normalized spacial score (nSPS) is 11.3. The van der Waals surface area contributed by atoms with Crippen molar-refractivity contribution in [1.29, 1.82) is 0 Å². The first-order valence-corrected chi connectivity index (χ1v) is 9.95. The molecule has 1 amide bonds.